The first-order chi connectivity index (χ1) is 15.8. The van der Waals surface area contributed by atoms with Crippen LogP contribution in [-0.2, 0) is 23.8 Å². The van der Waals surface area contributed by atoms with Crippen LogP contribution >= 0.6 is 0 Å². The Balaban J connectivity index is 1.70. The number of quaternary nitrogens is 1. The number of esters is 1. The van der Waals surface area contributed by atoms with Crippen LogP contribution in [0.15, 0.2) is 18.2 Å². The third-order valence-electron chi connectivity index (χ3n) is 6.48. The fourth-order valence-electron chi connectivity index (χ4n) is 4.83. The van der Waals surface area contributed by atoms with Gasteiger partial charge in [-0.1, -0.05) is 0 Å². The van der Waals surface area contributed by atoms with Crippen LogP contribution in [0.25, 0.3) is 6.08 Å². The topological polar surface area (TPSA) is 99.0 Å². The summed E-state index contributed by atoms with van der Waals surface area (Å²) in [6.07, 6.45) is 2.50. The number of hydrogen-bond acceptors (Lipinski definition) is 7. The lowest BCUT2D eigenvalue weighted by molar-refractivity contribution is -0.944. The molecule has 4 rings (SSSR count). The maximum Gasteiger partial charge on any atom is 0.303 e. The number of phenolic OH excluding ortho intramolecular Hbond substituents is 1. The van der Waals surface area contributed by atoms with Crippen LogP contribution in [0.3, 0.4) is 0 Å². The molecule has 1 aromatic rings. The molecule has 0 spiro atoms. The Morgan fingerprint density at radius 3 is 2.48 bits per heavy atom. The van der Waals surface area contributed by atoms with Gasteiger partial charge in [0.2, 0.25) is 5.91 Å². The summed E-state index contributed by atoms with van der Waals surface area (Å²) in [5, 5.41) is 11.3. The summed E-state index contributed by atoms with van der Waals surface area (Å²) in [6, 6.07) is 3.22. The second kappa shape index (κ2) is 9.70. The maximum atomic E-state index is 12.5. The molecule has 3 aliphatic rings. The summed E-state index contributed by atoms with van der Waals surface area (Å²) in [4.78, 5) is 27.4. The average Bonchev–Trinajstić information content (AvgIpc) is 2.80. The molecule has 3 aliphatic heterocycles. The van der Waals surface area contributed by atoms with Gasteiger partial charge in [0.25, 0.3) is 0 Å². The minimum atomic E-state index is -0.787. The Labute approximate surface area is 193 Å². The lowest BCUT2D eigenvalue weighted by Gasteiger charge is -2.46. The number of morpholine rings is 2. The third kappa shape index (κ3) is 5.00. The predicted molar refractivity (Wildman–Crippen MR) is 119 cm³/mol. The Morgan fingerprint density at radius 1 is 1.15 bits per heavy atom. The maximum absolute atomic E-state index is 12.5. The van der Waals surface area contributed by atoms with Crippen molar-refractivity contribution in [3.8, 4) is 11.5 Å². The Kier molecular flexibility index (Phi) is 6.92. The number of carbonyl (C=O) groups is 2. The molecule has 180 valence electrons. The summed E-state index contributed by atoms with van der Waals surface area (Å²) >= 11 is 0. The zero-order chi connectivity index (χ0) is 23.6. The van der Waals surface area contributed by atoms with Gasteiger partial charge in [-0.25, -0.2) is 0 Å². The zero-order valence-corrected chi connectivity index (χ0v) is 19.5. The highest BCUT2D eigenvalue weighted by Gasteiger charge is 2.52. The second-order valence-corrected chi connectivity index (χ2v) is 9.17. The minimum absolute atomic E-state index is 0.0372. The van der Waals surface area contributed by atoms with Gasteiger partial charge in [0.1, 0.15) is 30.2 Å². The highest BCUT2D eigenvalue weighted by Crippen LogP contribution is 2.45. The zero-order valence-electron chi connectivity index (χ0n) is 19.5. The molecular formula is C24H33N2O7+. The summed E-state index contributed by atoms with van der Waals surface area (Å²) in [5.74, 6) is 0.0714. The summed E-state index contributed by atoms with van der Waals surface area (Å²) in [7, 11) is 0. The monoisotopic (exact) mass is 461 g/mol. The summed E-state index contributed by atoms with van der Waals surface area (Å²) in [5.41, 5.74) is 0.321. The molecule has 0 unspecified atom stereocenters. The number of rotatable bonds is 4. The van der Waals surface area contributed by atoms with E-state index in [2.05, 4.69) is 0 Å². The molecule has 0 radical (unpaired) electrons. The molecule has 2 saturated heterocycles. The van der Waals surface area contributed by atoms with Crippen molar-refractivity contribution in [3.05, 3.63) is 29.3 Å². The van der Waals surface area contributed by atoms with Crippen molar-refractivity contribution < 1.29 is 38.5 Å². The number of aromatic hydroxyl groups is 1. The van der Waals surface area contributed by atoms with E-state index in [-0.39, 0.29) is 17.7 Å². The molecule has 3 heterocycles. The van der Waals surface area contributed by atoms with Crippen molar-refractivity contribution in [2.75, 3.05) is 52.6 Å². The molecule has 1 amide bonds. The van der Waals surface area contributed by atoms with Gasteiger partial charge in [0.15, 0.2) is 12.1 Å². The molecule has 2 atom stereocenters. The van der Waals surface area contributed by atoms with Crippen molar-refractivity contribution in [1.29, 1.82) is 0 Å². The largest absolute Gasteiger partial charge is 0.507 e. The molecule has 33 heavy (non-hydrogen) atoms. The molecular weight excluding hydrogens is 428 g/mol. The number of nitrogens with one attached hydrogen (secondary N) is 1. The average molecular weight is 462 g/mol. The van der Waals surface area contributed by atoms with E-state index in [9.17, 15) is 14.7 Å². The predicted octanol–water partition coefficient (Wildman–Crippen LogP) is 0.323. The first kappa shape index (κ1) is 23.5. The number of carbonyl (C=O) groups excluding carboxylic acids is 2. The molecule has 1 aromatic carbocycles. The second-order valence-electron chi connectivity index (χ2n) is 9.17. The van der Waals surface area contributed by atoms with Crippen LogP contribution < -0.4 is 9.64 Å². The lowest BCUT2D eigenvalue weighted by atomic mass is 9.83. The molecule has 0 aliphatic carbocycles. The van der Waals surface area contributed by atoms with Gasteiger partial charge in [-0.3, -0.25) is 9.59 Å². The molecule has 0 saturated carbocycles. The van der Waals surface area contributed by atoms with E-state index in [4.69, 9.17) is 18.9 Å². The number of ether oxygens (including phenoxy) is 4. The van der Waals surface area contributed by atoms with Crippen molar-refractivity contribution in [1.82, 2.24) is 4.90 Å². The van der Waals surface area contributed by atoms with Crippen LogP contribution in [0.2, 0.25) is 0 Å². The highest BCUT2D eigenvalue weighted by atomic mass is 16.6. The van der Waals surface area contributed by atoms with E-state index in [0.29, 0.717) is 69.5 Å². The van der Waals surface area contributed by atoms with E-state index in [1.807, 2.05) is 19.9 Å². The molecule has 0 aromatic heterocycles. The van der Waals surface area contributed by atoms with E-state index in [1.54, 1.807) is 17.0 Å². The molecule has 2 fully saturated rings. The number of amides is 1. The summed E-state index contributed by atoms with van der Waals surface area (Å²) in [6.45, 7) is 9.92. The van der Waals surface area contributed by atoms with Gasteiger partial charge < -0.3 is 33.9 Å². The van der Waals surface area contributed by atoms with Crippen LogP contribution in [0.5, 0.6) is 11.5 Å². The van der Waals surface area contributed by atoms with Crippen molar-refractivity contribution in [2.45, 2.75) is 38.5 Å². The SMILES string of the molecule is CC(=O)O[C@@H]1[C@H]([NH+]2CCOCC2)c2c(ccc(/C=C/C(=O)N3CCOCC3)c2O)OC1(C)C. The van der Waals surface area contributed by atoms with Crippen molar-refractivity contribution in [3.63, 3.8) is 0 Å². The first-order valence-electron chi connectivity index (χ1n) is 11.5. The van der Waals surface area contributed by atoms with Gasteiger partial charge in [-0.2, -0.15) is 0 Å². The Bertz CT molecular complexity index is 918. The normalized spacial score (nSPS) is 25.4. The highest BCUT2D eigenvalue weighted by molar-refractivity contribution is 5.92. The van der Waals surface area contributed by atoms with E-state index in [0.717, 1.165) is 4.90 Å². The molecule has 2 N–H and O–H groups in total. The Morgan fingerprint density at radius 2 is 1.82 bits per heavy atom. The van der Waals surface area contributed by atoms with Gasteiger partial charge in [0.05, 0.1) is 32.0 Å². The first-order valence-corrected chi connectivity index (χ1v) is 11.5. The number of hydrogen-bond donors (Lipinski definition) is 2. The standard InChI is InChI=1S/C24H32N2O7/c1-16(27)32-23-21(26-10-14-31-15-11-26)20-18(33-24(23,2)3)6-4-17(22(20)29)5-7-19(28)25-8-12-30-13-9-25/h4-7,21,23,29H,8-15H2,1-3H3/p+1/b7-5+/t21-,23-/m1/s1. The molecule has 0 bridgehead atoms. The van der Waals surface area contributed by atoms with Crippen LogP contribution in [0.4, 0.5) is 0 Å². The van der Waals surface area contributed by atoms with Crippen molar-refractivity contribution >= 4 is 18.0 Å². The van der Waals surface area contributed by atoms with Crippen molar-refractivity contribution in [2.24, 2.45) is 0 Å². The van der Waals surface area contributed by atoms with Crippen LogP contribution in [0, 0.1) is 0 Å². The van der Waals surface area contributed by atoms with Gasteiger partial charge in [-0.15, -0.1) is 0 Å². The molecule has 9 heteroatoms. The number of benzene rings is 1. The van der Waals surface area contributed by atoms with Gasteiger partial charge in [0, 0.05) is 31.7 Å². The number of nitrogens with zero attached hydrogens (tertiary/aromatic N) is 1. The van der Waals surface area contributed by atoms with Crippen LogP contribution in [0.1, 0.15) is 37.9 Å². The number of phenols is 1. The number of fused-ring (bicyclic) bond motifs is 1. The van der Waals surface area contributed by atoms with E-state index < -0.39 is 17.7 Å². The van der Waals surface area contributed by atoms with E-state index in [1.165, 1.54) is 13.0 Å². The van der Waals surface area contributed by atoms with Crippen LogP contribution in [-0.4, -0.2) is 86.2 Å². The Hall–Kier alpha value is -2.62. The fourth-order valence-corrected chi connectivity index (χ4v) is 4.83. The van der Waals surface area contributed by atoms with Gasteiger partial charge >= 0.3 is 5.97 Å². The fraction of sp³-hybridized carbons (Fsp3) is 0.583. The summed E-state index contributed by atoms with van der Waals surface area (Å²) < 4.78 is 22.8. The minimum Gasteiger partial charge on any atom is -0.507 e. The lowest BCUT2D eigenvalue weighted by Crippen LogP contribution is -3.16. The van der Waals surface area contributed by atoms with E-state index >= 15 is 0 Å². The third-order valence-corrected chi connectivity index (χ3v) is 6.48. The smallest absolute Gasteiger partial charge is 0.303 e. The quantitative estimate of drug-likeness (QED) is 0.492. The molecule has 9 nitrogen and oxygen atoms in total. The van der Waals surface area contributed by atoms with Gasteiger partial charge in [-0.05, 0) is 32.1 Å².